The lowest BCUT2D eigenvalue weighted by Crippen LogP contribution is -2.19. The Morgan fingerprint density at radius 3 is 2.52 bits per heavy atom. The largest absolute Gasteiger partial charge is 0.434 e. The van der Waals surface area contributed by atoms with E-state index in [9.17, 15) is 18.3 Å². The number of nitrogens with zero attached hydrogens (tertiary/aromatic N) is 4. The van der Waals surface area contributed by atoms with Crippen molar-refractivity contribution in [2.75, 3.05) is 5.73 Å². The van der Waals surface area contributed by atoms with Crippen LogP contribution in [0.4, 0.5) is 19.0 Å². The van der Waals surface area contributed by atoms with Crippen LogP contribution in [0.1, 0.15) is 29.0 Å². The van der Waals surface area contributed by atoms with Gasteiger partial charge >= 0.3 is 6.18 Å². The third-order valence-corrected chi connectivity index (χ3v) is 5.55. The highest BCUT2D eigenvalue weighted by molar-refractivity contribution is 7.59. The van der Waals surface area contributed by atoms with Crippen LogP contribution in [0, 0.1) is 18.8 Å². The Morgan fingerprint density at radius 1 is 1.06 bits per heavy atom. The molecule has 0 unspecified atom stereocenters. The number of hydrogen-bond donors (Lipinski definition) is 2. The molecule has 6 nitrogen and oxygen atoms in total. The summed E-state index contributed by atoms with van der Waals surface area (Å²) in [6.45, 7) is 3.05. The first-order valence-electron chi connectivity index (χ1n) is 9.33. The van der Waals surface area contributed by atoms with E-state index in [4.69, 9.17) is 5.73 Å². The Labute approximate surface area is 198 Å². The van der Waals surface area contributed by atoms with Crippen LogP contribution in [-0.4, -0.2) is 25.0 Å². The van der Waals surface area contributed by atoms with E-state index in [2.05, 4.69) is 31.8 Å². The Hall–Kier alpha value is -3.20. The van der Waals surface area contributed by atoms with Crippen molar-refractivity contribution in [1.29, 1.82) is 0 Å². The van der Waals surface area contributed by atoms with Gasteiger partial charge in [-0.2, -0.15) is 26.7 Å². The van der Waals surface area contributed by atoms with Gasteiger partial charge in [-0.25, -0.2) is 19.9 Å². The van der Waals surface area contributed by atoms with Gasteiger partial charge in [-0.15, -0.1) is 11.3 Å². The smallest absolute Gasteiger partial charge is 0.382 e. The fourth-order valence-electron chi connectivity index (χ4n) is 2.95. The first kappa shape index (κ1) is 24.4. The van der Waals surface area contributed by atoms with Crippen molar-refractivity contribution in [2.24, 2.45) is 0 Å². The number of hydrogen-bond acceptors (Lipinski definition) is 7. The van der Waals surface area contributed by atoms with Gasteiger partial charge in [-0.1, -0.05) is 24.0 Å². The number of benzene rings is 1. The molecule has 3 N–H and O–H groups in total. The molecule has 0 fully saturated rings. The number of thiazole rings is 1. The summed E-state index contributed by atoms with van der Waals surface area (Å²) in [5, 5.41) is 11.3. The van der Waals surface area contributed by atoms with Crippen LogP contribution in [0.25, 0.3) is 22.3 Å². The second-order valence-corrected chi connectivity index (χ2v) is 8.02. The SMILES string of the molecule is Cc1nc(N)c2nc(-c3cccc(C#C[C@@](C)(O)c4nc(C(F)(F)F)cs4)c3)ccc2n1.S. The van der Waals surface area contributed by atoms with Gasteiger partial charge in [0.25, 0.3) is 0 Å². The van der Waals surface area contributed by atoms with Crippen molar-refractivity contribution in [3.8, 4) is 23.1 Å². The maximum Gasteiger partial charge on any atom is 0.434 e. The number of nitrogen functional groups attached to an aromatic ring is 1. The lowest BCUT2D eigenvalue weighted by molar-refractivity contribution is -0.140. The maximum atomic E-state index is 12.8. The number of fused-ring (bicyclic) bond motifs is 1. The zero-order valence-corrected chi connectivity index (χ0v) is 19.2. The van der Waals surface area contributed by atoms with Crippen LogP contribution in [0.3, 0.4) is 0 Å². The summed E-state index contributed by atoms with van der Waals surface area (Å²) < 4.78 is 38.4. The Morgan fingerprint density at radius 2 is 1.82 bits per heavy atom. The molecule has 3 heterocycles. The third-order valence-electron chi connectivity index (χ3n) is 4.50. The number of aromatic nitrogens is 4. The monoisotopic (exact) mass is 489 g/mol. The second-order valence-electron chi connectivity index (χ2n) is 7.16. The zero-order valence-electron chi connectivity index (χ0n) is 17.4. The fraction of sp³-hybridized carbons (Fsp3) is 0.182. The van der Waals surface area contributed by atoms with Crippen molar-refractivity contribution < 1.29 is 18.3 Å². The molecule has 4 rings (SSSR count). The van der Waals surface area contributed by atoms with E-state index in [0.29, 0.717) is 39.5 Å². The minimum absolute atomic E-state index is 0. The van der Waals surface area contributed by atoms with Crippen molar-refractivity contribution >= 4 is 41.7 Å². The molecule has 170 valence electrons. The highest BCUT2D eigenvalue weighted by Gasteiger charge is 2.36. The molecule has 1 atom stereocenters. The fourth-order valence-corrected chi connectivity index (χ4v) is 3.79. The highest BCUT2D eigenvalue weighted by Crippen LogP contribution is 2.33. The van der Waals surface area contributed by atoms with Gasteiger partial charge in [0.2, 0.25) is 0 Å². The molecule has 0 saturated carbocycles. The molecule has 0 aliphatic rings. The topological polar surface area (TPSA) is 97.8 Å². The van der Waals surface area contributed by atoms with Crippen molar-refractivity contribution in [1.82, 2.24) is 19.9 Å². The first-order chi connectivity index (χ1) is 15.0. The van der Waals surface area contributed by atoms with Crippen LogP contribution >= 0.6 is 24.8 Å². The molecule has 33 heavy (non-hydrogen) atoms. The van der Waals surface area contributed by atoms with Gasteiger partial charge in [0.15, 0.2) is 17.1 Å². The zero-order chi connectivity index (χ0) is 23.1. The molecule has 0 amide bonds. The summed E-state index contributed by atoms with van der Waals surface area (Å²) in [6, 6.07) is 10.7. The molecule has 1 aromatic carbocycles. The number of aryl methyl sites for hydroxylation is 1. The van der Waals surface area contributed by atoms with Gasteiger partial charge in [-0.3, -0.25) is 0 Å². The van der Waals surface area contributed by atoms with Gasteiger partial charge < -0.3 is 10.8 Å². The Kier molecular flexibility index (Phi) is 6.65. The number of nitrogens with two attached hydrogens (primary N) is 1. The molecule has 0 radical (unpaired) electrons. The molecule has 3 aromatic heterocycles. The van der Waals surface area contributed by atoms with Crippen LogP contribution in [-0.2, 0) is 11.8 Å². The van der Waals surface area contributed by atoms with Crippen LogP contribution in [0.2, 0.25) is 0 Å². The number of aliphatic hydroxyl groups is 1. The summed E-state index contributed by atoms with van der Waals surface area (Å²) in [6.07, 6.45) is -4.58. The van der Waals surface area contributed by atoms with Crippen LogP contribution in [0.15, 0.2) is 41.8 Å². The molecule has 11 heteroatoms. The lowest BCUT2D eigenvalue weighted by Gasteiger charge is -2.12. The van der Waals surface area contributed by atoms with E-state index in [1.807, 2.05) is 6.07 Å². The van der Waals surface area contributed by atoms with Crippen molar-refractivity contribution in [2.45, 2.75) is 25.6 Å². The van der Waals surface area contributed by atoms with Crippen LogP contribution in [0.5, 0.6) is 0 Å². The predicted octanol–water partition coefficient (Wildman–Crippen LogP) is 4.43. The number of anilines is 1. The number of pyridine rings is 1. The molecular weight excluding hydrogens is 471 g/mol. The first-order valence-corrected chi connectivity index (χ1v) is 10.2. The Bertz CT molecular complexity index is 1390. The summed E-state index contributed by atoms with van der Waals surface area (Å²) in [5.41, 5.74) is 6.11. The maximum absolute atomic E-state index is 12.8. The van der Waals surface area contributed by atoms with E-state index >= 15 is 0 Å². The quantitative estimate of drug-likeness (QED) is 0.405. The molecule has 0 spiro atoms. The average Bonchev–Trinajstić information content (AvgIpc) is 3.24. The normalized spacial score (nSPS) is 13.0. The minimum atomic E-state index is -4.58. The Balaban J connectivity index is 0.00000306. The average molecular weight is 490 g/mol. The van der Waals surface area contributed by atoms with Gasteiger partial charge in [0.05, 0.1) is 11.2 Å². The van der Waals surface area contributed by atoms with E-state index in [1.165, 1.54) is 6.92 Å². The molecule has 0 saturated heterocycles. The standard InChI is InChI=1S/C22H16F3N5OS.H2S/c1-12-27-16-7-6-15(29-18(16)19(26)28-12)14-5-3-4-13(10-14)8-9-21(2,31)20-30-17(11-32-20)22(23,24)25;/h3-7,10-11,31H,1-2H3,(H2,26,27,28);1H2/t21-;/m1./s1. The number of rotatable bonds is 2. The molecule has 4 aromatic rings. The highest BCUT2D eigenvalue weighted by atomic mass is 32.1. The molecule has 0 aliphatic heterocycles. The van der Waals surface area contributed by atoms with Gasteiger partial charge in [0.1, 0.15) is 16.3 Å². The van der Waals surface area contributed by atoms with E-state index in [-0.39, 0.29) is 24.3 Å². The summed E-state index contributed by atoms with van der Waals surface area (Å²) in [4.78, 5) is 16.5. The minimum Gasteiger partial charge on any atom is -0.382 e. The predicted molar refractivity (Wildman–Crippen MR) is 126 cm³/mol. The second kappa shape index (κ2) is 8.97. The van der Waals surface area contributed by atoms with Gasteiger partial charge in [0, 0.05) is 16.5 Å². The van der Waals surface area contributed by atoms with E-state index in [1.54, 1.807) is 37.3 Å². The van der Waals surface area contributed by atoms with Crippen molar-refractivity contribution in [3.05, 3.63) is 63.9 Å². The van der Waals surface area contributed by atoms with Crippen LogP contribution < -0.4 is 5.73 Å². The lowest BCUT2D eigenvalue weighted by atomic mass is 10.1. The third kappa shape index (κ3) is 5.24. The molecular formula is C22H18F3N5OS2. The summed E-state index contributed by atoms with van der Waals surface area (Å²) in [5.74, 6) is 6.24. The summed E-state index contributed by atoms with van der Waals surface area (Å²) in [7, 11) is 0. The number of alkyl halides is 3. The number of halogens is 3. The van der Waals surface area contributed by atoms with E-state index < -0.39 is 17.5 Å². The molecule has 0 aliphatic carbocycles. The molecule has 0 bridgehead atoms. The van der Waals surface area contributed by atoms with Gasteiger partial charge in [-0.05, 0) is 38.1 Å². The van der Waals surface area contributed by atoms with Crippen molar-refractivity contribution in [3.63, 3.8) is 0 Å². The summed E-state index contributed by atoms with van der Waals surface area (Å²) >= 11 is 0.705. The van der Waals surface area contributed by atoms with E-state index in [0.717, 1.165) is 10.9 Å².